The van der Waals surface area contributed by atoms with E-state index < -0.39 is 47.1 Å². The quantitative estimate of drug-likeness (QED) is 0.226. The van der Waals surface area contributed by atoms with Gasteiger partial charge in [0.05, 0.1) is 37.6 Å². The number of phenolic OH excluding ortho intramolecular Hbond substituents is 2. The number of thioether (sulfide) groups is 1. The van der Waals surface area contributed by atoms with Crippen LogP contribution in [0.25, 0.3) is 0 Å². The average Bonchev–Trinajstić information content (AvgIpc) is 3.63. The first-order valence-corrected chi connectivity index (χ1v) is 19.1. The average molecular weight is 762 g/mol. The van der Waals surface area contributed by atoms with E-state index in [2.05, 4.69) is 10.2 Å². The predicted molar refractivity (Wildman–Crippen MR) is 195 cm³/mol. The molecular weight excluding hydrogens is 719 g/mol. The summed E-state index contributed by atoms with van der Waals surface area (Å²) in [7, 11) is 4.96. The fourth-order valence-corrected chi connectivity index (χ4v) is 11.7. The lowest BCUT2D eigenvalue weighted by atomic mass is 9.73. The van der Waals surface area contributed by atoms with Crippen LogP contribution in [0.4, 0.5) is 0 Å². The van der Waals surface area contributed by atoms with E-state index in [0.29, 0.717) is 70.2 Å². The molecule has 3 aromatic carbocycles. The molecule has 0 unspecified atom stereocenters. The number of aromatic hydroxyl groups is 2. The number of fused-ring (bicyclic) bond motifs is 9. The standard InChI is InChI=1S/C39H43N3O11S/c1-16-9-20-10-22-37(46)42-23-13-50-38(47)39(21-12-25(48-5)24(44)11-19(21)7-8-40-39)14-54-36(30(42)29(41(22)4)26(20)31(45)32(16)49-6)28-27(23)35-34(51-15-52-35)17(2)33(28)53-18(3)43/h9,11-12,22-23,29-30,36-37,40,44-46H,7-8,10,13-15H2,1-6H3/t22-,23+,29+,30+,36-,37-,39-/m0/s1. The number of esters is 2. The molecule has 0 aromatic heterocycles. The second kappa shape index (κ2) is 12.6. The minimum absolute atomic E-state index is 0.0226. The molecule has 7 aliphatic heterocycles. The van der Waals surface area contributed by atoms with Gasteiger partial charge >= 0.3 is 11.9 Å². The second-order valence-corrected chi connectivity index (χ2v) is 16.1. The van der Waals surface area contributed by atoms with Crippen LogP contribution < -0.4 is 29.0 Å². The highest BCUT2D eigenvalue weighted by Gasteiger charge is 2.61. The minimum atomic E-state index is -1.36. The van der Waals surface area contributed by atoms with Gasteiger partial charge in [-0.25, -0.2) is 4.79 Å². The number of rotatable bonds is 3. The minimum Gasteiger partial charge on any atom is -0.504 e. The summed E-state index contributed by atoms with van der Waals surface area (Å²) in [6.45, 7) is 5.26. The van der Waals surface area contributed by atoms with Crippen LogP contribution >= 0.6 is 11.8 Å². The Morgan fingerprint density at radius 3 is 2.54 bits per heavy atom. The van der Waals surface area contributed by atoms with Crippen LogP contribution in [0.5, 0.6) is 40.2 Å². The van der Waals surface area contributed by atoms with Crippen LogP contribution in [0.1, 0.15) is 68.8 Å². The Labute approximate surface area is 316 Å². The van der Waals surface area contributed by atoms with Crippen molar-refractivity contribution in [3.8, 4) is 40.2 Å². The number of aliphatic hydroxyl groups is 1. The Hall–Kier alpha value is -4.41. The first-order chi connectivity index (χ1) is 25.9. The number of ether oxygens (including phenoxy) is 6. The smallest absolute Gasteiger partial charge is 0.331 e. The molecule has 2 fully saturated rings. The molecule has 3 aromatic rings. The zero-order valence-corrected chi connectivity index (χ0v) is 31.7. The summed E-state index contributed by atoms with van der Waals surface area (Å²) in [6.07, 6.45) is -0.0282. The second-order valence-electron chi connectivity index (χ2n) is 14.9. The van der Waals surface area contributed by atoms with Crippen molar-refractivity contribution in [2.24, 2.45) is 0 Å². The largest absolute Gasteiger partial charge is 0.504 e. The molecule has 15 heteroatoms. The van der Waals surface area contributed by atoms with Crippen molar-refractivity contribution in [3.63, 3.8) is 0 Å². The van der Waals surface area contributed by atoms with Gasteiger partial charge < -0.3 is 43.7 Å². The van der Waals surface area contributed by atoms with E-state index in [1.165, 1.54) is 32.9 Å². The molecule has 0 aliphatic carbocycles. The summed E-state index contributed by atoms with van der Waals surface area (Å²) in [5, 5.41) is 38.2. The first kappa shape index (κ1) is 35.3. The van der Waals surface area contributed by atoms with Gasteiger partial charge in [-0.05, 0) is 68.1 Å². The van der Waals surface area contributed by atoms with Gasteiger partial charge in [-0.1, -0.05) is 6.07 Å². The molecule has 10 rings (SSSR count). The molecule has 4 bridgehead atoms. The number of methoxy groups -OCH3 is 2. The highest BCUT2D eigenvalue weighted by molar-refractivity contribution is 7.99. The molecule has 0 saturated carbocycles. The number of aryl methyl sites for hydroxylation is 1. The lowest BCUT2D eigenvalue weighted by Gasteiger charge is -2.62. The molecule has 286 valence electrons. The van der Waals surface area contributed by atoms with Crippen molar-refractivity contribution < 1.29 is 53.3 Å². The summed E-state index contributed by atoms with van der Waals surface area (Å²) >= 11 is 1.47. The fourth-order valence-electron chi connectivity index (χ4n) is 10.00. The van der Waals surface area contributed by atoms with E-state index in [9.17, 15) is 24.9 Å². The number of hydrogen-bond donors (Lipinski definition) is 4. The number of carbonyl (C=O) groups excluding carboxylic acids is 2. The van der Waals surface area contributed by atoms with Crippen LogP contribution in [0.2, 0.25) is 0 Å². The maximum absolute atomic E-state index is 14.7. The molecule has 7 atom stereocenters. The number of phenols is 2. The SMILES string of the molecule is COc1cc2c(cc1O)CCN[C@@]21CS[C@H]2c3c(OC(C)=O)c(C)c4c(c3[C@@H](COC1=O)N1[C@@H]2[C@H]2c3c(cc(C)c(OC)c3O)C[C@@H]([C@@H]1O)N2C)OCO4. The van der Waals surface area contributed by atoms with Crippen LogP contribution in [-0.4, -0.2) is 102 Å². The molecule has 1 spiro atoms. The molecule has 7 heterocycles. The predicted octanol–water partition coefficient (Wildman–Crippen LogP) is 3.41. The van der Waals surface area contributed by atoms with Crippen molar-refractivity contribution in [1.29, 1.82) is 0 Å². The Morgan fingerprint density at radius 2 is 1.80 bits per heavy atom. The van der Waals surface area contributed by atoms with E-state index in [1.807, 2.05) is 31.9 Å². The monoisotopic (exact) mass is 761 g/mol. The van der Waals surface area contributed by atoms with Crippen LogP contribution in [0.3, 0.4) is 0 Å². The Bertz CT molecular complexity index is 2130. The van der Waals surface area contributed by atoms with Gasteiger partial charge in [0.25, 0.3) is 0 Å². The summed E-state index contributed by atoms with van der Waals surface area (Å²) in [5.74, 6) is 0.949. The van der Waals surface area contributed by atoms with Gasteiger partial charge in [-0.15, -0.1) is 11.8 Å². The number of likely N-dealkylation sites (N-methyl/N-ethyl adjacent to an activating group) is 1. The zero-order chi connectivity index (χ0) is 38.0. The molecule has 54 heavy (non-hydrogen) atoms. The number of carbonyl (C=O) groups is 2. The molecule has 0 amide bonds. The van der Waals surface area contributed by atoms with Crippen LogP contribution in [-0.2, 0) is 32.7 Å². The van der Waals surface area contributed by atoms with E-state index in [-0.39, 0.29) is 42.4 Å². The number of benzene rings is 3. The molecule has 4 N–H and O–H groups in total. The first-order valence-electron chi connectivity index (χ1n) is 18.1. The Balaban J connectivity index is 1.32. The van der Waals surface area contributed by atoms with E-state index >= 15 is 0 Å². The van der Waals surface area contributed by atoms with Crippen LogP contribution in [0, 0.1) is 13.8 Å². The number of piperazine rings is 1. The molecule has 7 aliphatic rings. The third-order valence-corrected chi connectivity index (χ3v) is 13.7. The number of nitrogens with zero attached hydrogens (tertiary/aromatic N) is 2. The maximum atomic E-state index is 14.7. The molecule has 0 radical (unpaired) electrons. The van der Waals surface area contributed by atoms with Crippen molar-refractivity contribution in [3.05, 3.63) is 62.7 Å². The van der Waals surface area contributed by atoms with Gasteiger partial charge in [-0.3, -0.25) is 19.9 Å². The third-order valence-electron chi connectivity index (χ3n) is 12.3. The van der Waals surface area contributed by atoms with E-state index in [4.69, 9.17) is 28.4 Å². The van der Waals surface area contributed by atoms with Gasteiger partial charge in [-0.2, -0.15) is 0 Å². The third kappa shape index (κ3) is 4.74. The Kier molecular flexibility index (Phi) is 8.21. The van der Waals surface area contributed by atoms with Gasteiger partial charge in [0, 0.05) is 47.5 Å². The van der Waals surface area contributed by atoms with Crippen molar-refractivity contribution in [2.45, 2.75) is 74.8 Å². The summed E-state index contributed by atoms with van der Waals surface area (Å²) in [6, 6.07) is 3.13. The Morgan fingerprint density at radius 1 is 1.02 bits per heavy atom. The summed E-state index contributed by atoms with van der Waals surface area (Å²) in [4.78, 5) is 31.7. The summed E-state index contributed by atoms with van der Waals surface area (Å²) in [5.41, 5.74) is 4.36. The fraction of sp³-hybridized carbons (Fsp3) is 0.487. The van der Waals surface area contributed by atoms with E-state index in [0.717, 1.165) is 16.7 Å². The number of hydrogen-bond acceptors (Lipinski definition) is 15. The van der Waals surface area contributed by atoms with E-state index in [1.54, 1.807) is 12.1 Å². The van der Waals surface area contributed by atoms with Gasteiger partial charge in [0.2, 0.25) is 6.79 Å². The molecule has 14 nitrogen and oxygen atoms in total. The highest BCUT2D eigenvalue weighted by Crippen LogP contribution is 2.64. The van der Waals surface area contributed by atoms with Crippen molar-refractivity contribution in [2.75, 3.05) is 47.0 Å². The lowest BCUT2D eigenvalue weighted by Crippen LogP contribution is -2.70. The summed E-state index contributed by atoms with van der Waals surface area (Å²) < 4.78 is 35.9. The molecule has 2 saturated heterocycles. The maximum Gasteiger partial charge on any atom is 0.331 e. The lowest BCUT2D eigenvalue weighted by molar-refractivity contribution is -0.186. The number of nitrogens with one attached hydrogen (secondary N) is 1. The molecular formula is C39H43N3O11S. The van der Waals surface area contributed by atoms with Crippen molar-refractivity contribution in [1.82, 2.24) is 15.1 Å². The highest BCUT2D eigenvalue weighted by atomic mass is 32.2. The topological polar surface area (TPSA) is 169 Å². The van der Waals surface area contributed by atoms with Crippen LogP contribution in [0.15, 0.2) is 18.2 Å². The van der Waals surface area contributed by atoms with Gasteiger partial charge in [0.1, 0.15) is 18.6 Å². The zero-order valence-electron chi connectivity index (χ0n) is 30.8. The van der Waals surface area contributed by atoms with Gasteiger partial charge in [0.15, 0.2) is 40.0 Å². The normalized spacial score (nSPS) is 29.4. The number of aliphatic hydroxyl groups excluding tert-OH is 1. The van der Waals surface area contributed by atoms with Crippen molar-refractivity contribution >= 4 is 23.7 Å².